The van der Waals surface area contributed by atoms with Crippen LogP contribution in [0.1, 0.15) is 16.1 Å². The maximum absolute atomic E-state index is 7.18. The van der Waals surface area contributed by atoms with E-state index in [0.717, 1.165) is 0 Å². The van der Waals surface area contributed by atoms with Gasteiger partial charge in [0.1, 0.15) is 0 Å². The van der Waals surface area contributed by atoms with E-state index in [1.54, 1.807) is 6.92 Å². The SMILES string of the molecule is [2H]C([2H])(CC)[Si]([2H])([2H])C. The molecule has 0 aliphatic heterocycles. The molecule has 0 aliphatic carbocycles. The van der Waals surface area contributed by atoms with E-state index < -0.39 is 15.4 Å². The van der Waals surface area contributed by atoms with Gasteiger partial charge >= 0.3 is 0 Å². The van der Waals surface area contributed by atoms with Crippen molar-refractivity contribution in [3.05, 3.63) is 0 Å². The van der Waals surface area contributed by atoms with E-state index in [1.165, 1.54) is 6.55 Å². The third-order valence-corrected chi connectivity index (χ3v) is 1.06. The molecular weight excluding hydrogens is 76.1 g/mol. The van der Waals surface area contributed by atoms with Crippen LogP contribution >= 0.6 is 0 Å². The van der Waals surface area contributed by atoms with Crippen LogP contribution in [0.3, 0.4) is 0 Å². The summed E-state index contributed by atoms with van der Waals surface area (Å²) < 4.78 is 28.7. The lowest BCUT2D eigenvalue weighted by atomic mass is 10.6. The third-order valence-electron chi connectivity index (χ3n) is 0.354. The molecule has 0 heterocycles. The minimum absolute atomic E-state index is 0.280. The summed E-state index contributed by atoms with van der Waals surface area (Å²) in [5.41, 5.74) is 0. The molecule has 0 rings (SSSR count). The largest absolute Gasteiger partial charge is 0.0748 e. The Morgan fingerprint density at radius 2 is 2.80 bits per heavy atom. The van der Waals surface area contributed by atoms with Crippen molar-refractivity contribution in [2.24, 2.45) is 0 Å². The molecule has 0 bridgehead atoms. The van der Waals surface area contributed by atoms with Crippen LogP contribution in [0.15, 0.2) is 0 Å². The normalized spacial score (nSPS) is 26.0. The topological polar surface area (TPSA) is 0 Å². The first-order valence-corrected chi connectivity index (χ1v) is 3.31. The smallest absolute Gasteiger partial charge is 0.0229 e. The van der Waals surface area contributed by atoms with Crippen LogP contribution in [0, 0.1) is 0 Å². The molecule has 0 aromatic heterocycles. The number of hydrogen-bond acceptors (Lipinski definition) is 0. The Hall–Kier alpha value is 0.217. The molecule has 1 heteroatoms. The molecule has 0 amide bonds. The van der Waals surface area contributed by atoms with Crippen LogP contribution in [0.4, 0.5) is 0 Å². The molecule has 0 unspecified atom stereocenters. The average molecular weight is 92.3 g/mol. The van der Waals surface area contributed by atoms with Crippen LogP contribution in [0.25, 0.3) is 0 Å². The van der Waals surface area contributed by atoms with E-state index in [2.05, 4.69) is 0 Å². The highest BCUT2D eigenvalue weighted by Crippen LogP contribution is 1.81. The fourth-order valence-corrected chi connectivity index (χ4v) is 0.530. The summed E-state index contributed by atoms with van der Waals surface area (Å²) >= 11 is 0. The first-order chi connectivity index (χ1) is 3.81. The predicted octanol–water partition coefficient (Wildman–Crippen LogP) is 1.03. The molecule has 32 valence electrons. The zero-order valence-corrected chi connectivity index (χ0v) is 4.71. The Bertz CT molecular complexity index is 95.2. The van der Waals surface area contributed by atoms with Crippen LogP contribution in [-0.2, 0) is 0 Å². The van der Waals surface area contributed by atoms with E-state index >= 15 is 0 Å². The van der Waals surface area contributed by atoms with Crippen LogP contribution in [-0.4, -0.2) is 11.9 Å². The molecule has 0 saturated heterocycles. The summed E-state index contributed by atoms with van der Waals surface area (Å²) in [6.45, 7) is 3.07. The second kappa shape index (κ2) is 4.22. The maximum atomic E-state index is 7.18. The summed E-state index contributed by atoms with van der Waals surface area (Å²) in [6.07, 6.45) is 0.280. The van der Waals surface area contributed by atoms with E-state index in [1.807, 2.05) is 0 Å². The lowest BCUT2D eigenvalue weighted by Gasteiger charge is -1.78. The number of rotatable bonds is 2. The van der Waals surface area contributed by atoms with Crippen molar-refractivity contribution >= 4 is 9.38 Å². The second-order valence-corrected chi connectivity index (χ2v) is 1.63. The highest BCUT2D eigenvalue weighted by Gasteiger charge is 1.69. The highest BCUT2D eigenvalue weighted by molar-refractivity contribution is 6.33. The van der Waals surface area contributed by atoms with Gasteiger partial charge in [0.2, 0.25) is 0 Å². The molecule has 0 atom stereocenters. The van der Waals surface area contributed by atoms with Gasteiger partial charge in [0.25, 0.3) is 0 Å². The molecule has 0 aromatic carbocycles. The Labute approximate surface area is 41.7 Å². The Morgan fingerprint density at radius 3 is 2.80 bits per heavy atom. The maximum Gasteiger partial charge on any atom is 0.0229 e. The van der Waals surface area contributed by atoms with Crippen molar-refractivity contribution in [3.8, 4) is 0 Å². The highest BCUT2D eigenvalue weighted by atomic mass is 28.2. The van der Waals surface area contributed by atoms with Crippen molar-refractivity contribution in [1.29, 1.82) is 2.47 Å². The van der Waals surface area contributed by atoms with Gasteiger partial charge in [-0.15, -0.1) is 0 Å². The zero-order chi connectivity index (χ0) is 7.71. The number of hydrogen-bond donors (Lipinski definition) is 0. The van der Waals surface area contributed by atoms with Crippen molar-refractivity contribution in [3.63, 3.8) is 0 Å². The molecule has 0 fully saturated rings. The van der Waals surface area contributed by atoms with Crippen LogP contribution in [0.2, 0.25) is 12.5 Å². The Kier molecular flexibility index (Phi) is 1.16. The zero-order valence-electron chi connectivity index (χ0n) is 7.71. The lowest BCUT2D eigenvalue weighted by molar-refractivity contribution is 1.07. The quantitative estimate of drug-likeness (QED) is 0.446. The average Bonchev–Trinajstić information content (AvgIpc) is 1.64. The molecule has 0 saturated carbocycles. The van der Waals surface area contributed by atoms with Crippen molar-refractivity contribution < 1.29 is 2.74 Å². The molecule has 0 nitrogen and oxygen atoms in total. The Morgan fingerprint density at radius 1 is 2.20 bits per heavy atom. The van der Waals surface area contributed by atoms with Crippen molar-refractivity contribution in [2.75, 3.05) is 0 Å². The van der Waals surface area contributed by atoms with Gasteiger partial charge < -0.3 is 0 Å². The van der Waals surface area contributed by atoms with E-state index in [0.29, 0.717) is 0 Å². The fraction of sp³-hybridized carbons (Fsp3) is 1.00. The van der Waals surface area contributed by atoms with Gasteiger partial charge in [-0.1, -0.05) is 25.9 Å². The van der Waals surface area contributed by atoms with E-state index in [4.69, 9.17) is 5.21 Å². The van der Waals surface area contributed by atoms with Crippen molar-refractivity contribution in [2.45, 2.75) is 25.9 Å². The molecule has 0 aliphatic rings. The predicted molar refractivity (Wildman–Crippen MR) is 29.5 cm³/mol. The second-order valence-electron chi connectivity index (χ2n) is 0.780. The molecular formula is C4H12Si. The van der Waals surface area contributed by atoms with Gasteiger partial charge in [0.15, 0.2) is 0 Å². The summed E-state index contributed by atoms with van der Waals surface area (Å²) in [6, 6.07) is 0. The fourth-order valence-electron chi connectivity index (χ4n) is 0.177. The van der Waals surface area contributed by atoms with Gasteiger partial charge in [-0.05, 0) is 0 Å². The molecule has 0 radical (unpaired) electrons. The molecule has 0 spiro atoms. The first kappa shape index (κ1) is 1.37. The summed E-state index contributed by atoms with van der Waals surface area (Å²) in [4.78, 5) is 0. The summed E-state index contributed by atoms with van der Waals surface area (Å²) in [5.74, 6) is -1.55. The molecule has 0 aromatic rings. The minimum atomic E-state index is -3.05. The van der Waals surface area contributed by atoms with Gasteiger partial charge in [0, 0.05) is 14.6 Å². The van der Waals surface area contributed by atoms with Gasteiger partial charge in [-0.3, -0.25) is 0 Å². The summed E-state index contributed by atoms with van der Waals surface area (Å²) in [5, 5.41) is 0. The van der Waals surface area contributed by atoms with Crippen LogP contribution < -0.4 is 0 Å². The molecule has 5 heavy (non-hydrogen) atoms. The van der Waals surface area contributed by atoms with Gasteiger partial charge in [0.05, 0.1) is 0 Å². The van der Waals surface area contributed by atoms with E-state index in [9.17, 15) is 0 Å². The molecule has 0 N–H and O–H groups in total. The lowest BCUT2D eigenvalue weighted by Crippen LogP contribution is -1.73. The third kappa shape index (κ3) is 4.22. The van der Waals surface area contributed by atoms with Gasteiger partial charge in [-0.25, -0.2) is 0 Å². The van der Waals surface area contributed by atoms with E-state index in [-0.39, 0.29) is 6.42 Å². The first-order valence-electron chi connectivity index (χ1n) is 3.81. The standard InChI is InChI=1S/C4H12Si/c1-3-4-5-2/h3-5H2,1-2H3/i4D2,5D2. The van der Waals surface area contributed by atoms with Crippen LogP contribution in [0.5, 0.6) is 0 Å². The summed E-state index contributed by atoms with van der Waals surface area (Å²) in [7, 11) is -3.05. The van der Waals surface area contributed by atoms with Gasteiger partial charge in [-0.2, -0.15) is 0 Å². The Balaban J connectivity index is 4.14. The monoisotopic (exact) mass is 92.1 g/mol. The minimum Gasteiger partial charge on any atom is -0.0748 e. The van der Waals surface area contributed by atoms with Crippen molar-refractivity contribution in [1.82, 2.24) is 0 Å².